The molecule has 1 unspecified atom stereocenters. The lowest BCUT2D eigenvalue weighted by atomic mass is 10.00. The second-order valence-corrected chi connectivity index (χ2v) is 6.69. The van der Waals surface area contributed by atoms with Crippen molar-refractivity contribution in [1.29, 1.82) is 0 Å². The highest BCUT2D eigenvalue weighted by molar-refractivity contribution is 14.0. The highest BCUT2D eigenvalue weighted by Crippen LogP contribution is 2.23. The zero-order chi connectivity index (χ0) is 18.4. The van der Waals surface area contributed by atoms with E-state index in [1.165, 1.54) is 0 Å². The molecule has 0 fully saturated rings. The maximum Gasteiger partial charge on any atom is 0.193 e. The van der Waals surface area contributed by atoms with E-state index in [1.54, 1.807) is 0 Å². The standard InChI is InChI=1S/C19H27ClN4O.HI/c1-6-21-19(24(5)12-16-9-7-8-10-17(16)20)22-11-13(2)18-14(3)23-25-15(18)4;/h7-10,13H,6,11-12H2,1-5H3,(H,21,22);1H. The van der Waals surface area contributed by atoms with Gasteiger partial charge in [-0.15, -0.1) is 24.0 Å². The molecule has 7 heteroatoms. The topological polar surface area (TPSA) is 53.7 Å². The summed E-state index contributed by atoms with van der Waals surface area (Å²) in [6, 6.07) is 7.89. The molecule has 0 bridgehead atoms. The summed E-state index contributed by atoms with van der Waals surface area (Å²) in [6.45, 7) is 10.3. The van der Waals surface area contributed by atoms with Crippen molar-refractivity contribution in [3.8, 4) is 0 Å². The van der Waals surface area contributed by atoms with Crippen molar-refractivity contribution in [2.75, 3.05) is 20.1 Å². The van der Waals surface area contributed by atoms with Crippen LogP contribution in [0.4, 0.5) is 0 Å². The third kappa shape index (κ3) is 5.87. The molecule has 5 nitrogen and oxygen atoms in total. The van der Waals surface area contributed by atoms with Crippen molar-refractivity contribution in [3.05, 3.63) is 51.9 Å². The van der Waals surface area contributed by atoms with Gasteiger partial charge in [-0.05, 0) is 32.4 Å². The van der Waals surface area contributed by atoms with E-state index < -0.39 is 0 Å². The Hall–Kier alpha value is -1.28. The van der Waals surface area contributed by atoms with Crippen molar-refractivity contribution >= 4 is 41.5 Å². The molecule has 0 radical (unpaired) electrons. The van der Waals surface area contributed by atoms with Gasteiger partial charge in [-0.3, -0.25) is 4.99 Å². The van der Waals surface area contributed by atoms with Crippen LogP contribution in [0.5, 0.6) is 0 Å². The van der Waals surface area contributed by atoms with Crippen LogP contribution in [0.25, 0.3) is 0 Å². The van der Waals surface area contributed by atoms with Gasteiger partial charge in [0.2, 0.25) is 0 Å². The number of aromatic nitrogens is 1. The van der Waals surface area contributed by atoms with Gasteiger partial charge in [-0.2, -0.15) is 0 Å². The lowest BCUT2D eigenvalue weighted by Gasteiger charge is -2.23. The van der Waals surface area contributed by atoms with Crippen LogP contribution in [-0.2, 0) is 6.54 Å². The Morgan fingerprint density at radius 3 is 2.62 bits per heavy atom. The third-order valence-electron chi connectivity index (χ3n) is 4.16. The summed E-state index contributed by atoms with van der Waals surface area (Å²) >= 11 is 6.28. The molecule has 0 aliphatic rings. The molecule has 26 heavy (non-hydrogen) atoms. The van der Waals surface area contributed by atoms with Gasteiger partial charge in [0.25, 0.3) is 0 Å². The normalized spacial score (nSPS) is 12.5. The number of nitrogens with one attached hydrogen (secondary N) is 1. The second-order valence-electron chi connectivity index (χ2n) is 6.28. The minimum atomic E-state index is 0. The van der Waals surface area contributed by atoms with Gasteiger partial charge < -0.3 is 14.7 Å². The van der Waals surface area contributed by atoms with E-state index in [0.717, 1.165) is 40.1 Å². The average Bonchev–Trinajstić information content (AvgIpc) is 2.92. The lowest BCUT2D eigenvalue weighted by molar-refractivity contribution is 0.391. The molecular formula is C19H28ClIN4O. The van der Waals surface area contributed by atoms with Gasteiger partial charge in [0.15, 0.2) is 5.96 Å². The lowest BCUT2D eigenvalue weighted by Crippen LogP contribution is -2.38. The molecule has 0 spiro atoms. The Kier molecular flexibility index (Phi) is 9.43. The van der Waals surface area contributed by atoms with E-state index in [-0.39, 0.29) is 29.9 Å². The zero-order valence-corrected chi connectivity index (χ0v) is 19.1. The molecule has 1 heterocycles. The molecule has 1 aromatic heterocycles. The Balaban J connectivity index is 0.00000338. The van der Waals surface area contributed by atoms with E-state index in [4.69, 9.17) is 21.1 Å². The molecule has 0 aliphatic carbocycles. The van der Waals surface area contributed by atoms with E-state index in [0.29, 0.717) is 13.1 Å². The number of halogens is 2. The van der Waals surface area contributed by atoms with Gasteiger partial charge in [0.05, 0.1) is 5.69 Å². The summed E-state index contributed by atoms with van der Waals surface area (Å²) in [7, 11) is 2.02. The highest BCUT2D eigenvalue weighted by Gasteiger charge is 2.17. The van der Waals surface area contributed by atoms with Gasteiger partial charge >= 0.3 is 0 Å². The fraction of sp³-hybridized carbons (Fsp3) is 0.474. The van der Waals surface area contributed by atoms with Gasteiger partial charge in [-0.25, -0.2) is 0 Å². The molecular weight excluding hydrogens is 463 g/mol. The number of hydrogen-bond donors (Lipinski definition) is 1. The second kappa shape index (κ2) is 10.8. The molecule has 0 aliphatic heterocycles. The van der Waals surface area contributed by atoms with Gasteiger partial charge in [0.1, 0.15) is 5.76 Å². The third-order valence-corrected chi connectivity index (χ3v) is 4.53. The molecule has 2 rings (SSSR count). The first-order valence-electron chi connectivity index (χ1n) is 8.59. The summed E-state index contributed by atoms with van der Waals surface area (Å²) in [5.41, 5.74) is 3.17. The number of aliphatic imine (C=N–C) groups is 1. The largest absolute Gasteiger partial charge is 0.361 e. The number of aryl methyl sites for hydroxylation is 2. The SMILES string of the molecule is CCNC(=NCC(C)c1c(C)noc1C)N(C)Cc1ccccc1Cl.I. The molecule has 1 aromatic carbocycles. The Morgan fingerprint density at radius 2 is 2.04 bits per heavy atom. The monoisotopic (exact) mass is 490 g/mol. The van der Waals surface area contributed by atoms with E-state index in [2.05, 4.69) is 29.2 Å². The van der Waals surface area contributed by atoms with Crippen LogP contribution in [0.15, 0.2) is 33.8 Å². The number of hydrogen-bond acceptors (Lipinski definition) is 3. The van der Waals surface area contributed by atoms with Crippen LogP contribution < -0.4 is 5.32 Å². The molecule has 0 saturated carbocycles. The van der Waals surface area contributed by atoms with Crippen LogP contribution in [0.3, 0.4) is 0 Å². The maximum absolute atomic E-state index is 6.28. The summed E-state index contributed by atoms with van der Waals surface area (Å²) in [5, 5.41) is 8.16. The molecule has 1 atom stereocenters. The first-order valence-corrected chi connectivity index (χ1v) is 8.97. The zero-order valence-electron chi connectivity index (χ0n) is 16.0. The Morgan fingerprint density at radius 1 is 1.35 bits per heavy atom. The molecule has 0 saturated heterocycles. The van der Waals surface area contributed by atoms with Crippen LogP contribution in [0.1, 0.15) is 42.3 Å². The van der Waals surface area contributed by atoms with Crippen molar-refractivity contribution < 1.29 is 4.52 Å². The van der Waals surface area contributed by atoms with Crippen LogP contribution >= 0.6 is 35.6 Å². The minimum absolute atomic E-state index is 0. The van der Waals surface area contributed by atoms with E-state index in [9.17, 15) is 0 Å². The first-order chi connectivity index (χ1) is 11.9. The van der Waals surface area contributed by atoms with Crippen LogP contribution in [-0.4, -0.2) is 36.2 Å². The molecule has 2 aromatic rings. The van der Waals surface area contributed by atoms with Crippen molar-refractivity contribution in [3.63, 3.8) is 0 Å². The summed E-state index contributed by atoms with van der Waals surface area (Å²) in [4.78, 5) is 6.88. The van der Waals surface area contributed by atoms with Crippen molar-refractivity contribution in [1.82, 2.24) is 15.4 Å². The van der Waals surface area contributed by atoms with E-state index in [1.807, 2.05) is 45.2 Å². The van der Waals surface area contributed by atoms with Gasteiger partial charge in [0, 0.05) is 43.2 Å². The fourth-order valence-electron chi connectivity index (χ4n) is 2.94. The predicted octanol–water partition coefficient (Wildman–Crippen LogP) is 4.76. The quantitative estimate of drug-likeness (QED) is 0.360. The van der Waals surface area contributed by atoms with Crippen LogP contribution in [0.2, 0.25) is 5.02 Å². The number of guanidine groups is 1. The summed E-state index contributed by atoms with van der Waals surface area (Å²) < 4.78 is 5.27. The highest BCUT2D eigenvalue weighted by atomic mass is 127. The first kappa shape index (κ1) is 22.8. The number of nitrogens with zero attached hydrogens (tertiary/aromatic N) is 3. The smallest absolute Gasteiger partial charge is 0.193 e. The number of rotatable bonds is 6. The average molecular weight is 491 g/mol. The van der Waals surface area contributed by atoms with E-state index >= 15 is 0 Å². The van der Waals surface area contributed by atoms with Gasteiger partial charge in [-0.1, -0.05) is 41.9 Å². The van der Waals surface area contributed by atoms with Crippen molar-refractivity contribution in [2.45, 2.75) is 40.2 Å². The van der Waals surface area contributed by atoms with Crippen molar-refractivity contribution in [2.24, 2.45) is 4.99 Å². The summed E-state index contributed by atoms with van der Waals surface area (Å²) in [6.07, 6.45) is 0. The molecule has 144 valence electrons. The predicted molar refractivity (Wildman–Crippen MR) is 119 cm³/mol. The number of benzene rings is 1. The molecule has 0 amide bonds. The molecule has 1 N–H and O–H groups in total. The Labute approximate surface area is 178 Å². The Bertz CT molecular complexity index is 713. The maximum atomic E-state index is 6.28. The minimum Gasteiger partial charge on any atom is -0.361 e. The van der Waals surface area contributed by atoms with Crippen LogP contribution in [0, 0.1) is 13.8 Å². The summed E-state index contributed by atoms with van der Waals surface area (Å²) in [5.74, 6) is 1.98. The fourth-order valence-corrected chi connectivity index (χ4v) is 3.13.